The van der Waals surface area contributed by atoms with Gasteiger partial charge in [-0.3, -0.25) is 0 Å². The molecule has 7 heteroatoms. The molecule has 0 radical (unpaired) electrons. The highest BCUT2D eigenvalue weighted by atomic mass is 32.2. The molecule has 0 amide bonds. The van der Waals surface area contributed by atoms with Crippen LogP contribution in [0.2, 0.25) is 0 Å². The molecule has 0 aliphatic rings. The molecule has 0 fully saturated rings. The highest BCUT2D eigenvalue weighted by Crippen LogP contribution is 2.34. The Hall–Kier alpha value is -1.99. The van der Waals surface area contributed by atoms with E-state index in [4.69, 9.17) is 0 Å². The Labute approximate surface area is 133 Å². The lowest BCUT2D eigenvalue weighted by Gasteiger charge is -2.11. The quantitative estimate of drug-likeness (QED) is 0.795. The van der Waals surface area contributed by atoms with Crippen LogP contribution in [-0.4, -0.2) is 24.6 Å². The first-order valence-corrected chi connectivity index (χ1v) is 9.35. The van der Waals surface area contributed by atoms with Crippen molar-refractivity contribution in [1.29, 1.82) is 0 Å². The molecule has 22 heavy (non-hydrogen) atoms. The molecular formula is C15H15N3O2S2. The Morgan fingerprint density at radius 3 is 2.59 bits per heavy atom. The van der Waals surface area contributed by atoms with Crippen molar-refractivity contribution < 1.29 is 8.42 Å². The number of hydrogen-bond donors (Lipinski definition) is 1. The van der Waals surface area contributed by atoms with E-state index in [2.05, 4.69) is 15.3 Å². The zero-order valence-electron chi connectivity index (χ0n) is 12.4. The van der Waals surface area contributed by atoms with Crippen molar-refractivity contribution in [2.45, 2.75) is 18.7 Å². The number of anilines is 2. The second kappa shape index (κ2) is 5.33. The molecule has 0 aliphatic heterocycles. The minimum Gasteiger partial charge on any atom is -0.339 e. The zero-order valence-corrected chi connectivity index (χ0v) is 14.0. The molecule has 0 saturated carbocycles. The minimum atomic E-state index is -3.32. The number of benzene rings is 1. The van der Waals surface area contributed by atoms with Crippen LogP contribution < -0.4 is 5.32 Å². The molecule has 0 atom stereocenters. The van der Waals surface area contributed by atoms with Gasteiger partial charge in [-0.25, -0.2) is 18.4 Å². The van der Waals surface area contributed by atoms with Gasteiger partial charge in [0.05, 0.1) is 16.0 Å². The number of rotatable bonds is 3. The first-order valence-electron chi connectivity index (χ1n) is 6.64. The van der Waals surface area contributed by atoms with Gasteiger partial charge in [0.2, 0.25) is 0 Å². The summed E-state index contributed by atoms with van der Waals surface area (Å²) in [7, 11) is -3.32. The molecule has 3 rings (SSSR count). The molecule has 0 aliphatic carbocycles. The third kappa shape index (κ3) is 2.57. The standard InChI is InChI=1S/C15H15N3O2S2/c1-9-10(2)21-15-13(9)14(16-8-17-15)18-11-6-4-5-7-12(11)22(3,19)20/h4-8H,1-3H3,(H,16,17,18). The summed E-state index contributed by atoms with van der Waals surface area (Å²) in [5.74, 6) is 0.628. The molecule has 2 aromatic heterocycles. The molecule has 0 saturated heterocycles. The molecule has 1 aromatic carbocycles. The van der Waals surface area contributed by atoms with Gasteiger partial charge in [-0.1, -0.05) is 12.1 Å². The predicted molar refractivity (Wildman–Crippen MR) is 89.7 cm³/mol. The maximum atomic E-state index is 11.9. The fourth-order valence-electron chi connectivity index (χ4n) is 2.30. The van der Waals surface area contributed by atoms with Gasteiger partial charge in [-0.15, -0.1) is 11.3 Å². The molecule has 0 unspecified atom stereocenters. The van der Waals surface area contributed by atoms with Crippen LogP contribution in [0.3, 0.4) is 0 Å². The smallest absolute Gasteiger partial charge is 0.177 e. The fraction of sp³-hybridized carbons (Fsp3) is 0.200. The zero-order chi connectivity index (χ0) is 15.9. The number of thiophene rings is 1. The van der Waals surface area contributed by atoms with E-state index in [1.807, 2.05) is 13.8 Å². The molecule has 0 spiro atoms. The van der Waals surface area contributed by atoms with Crippen molar-refractivity contribution in [3.05, 3.63) is 41.0 Å². The van der Waals surface area contributed by atoms with E-state index in [-0.39, 0.29) is 4.90 Å². The van der Waals surface area contributed by atoms with E-state index in [0.717, 1.165) is 15.8 Å². The second-order valence-electron chi connectivity index (χ2n) is 5.08. The molecule has 114 valence electrons. The van der Waals surface area contributed by atoms with Gasteiger partial charge in [-0.2, -0.15) is 0 Å². The van der Waals surface area contributed by atoms with Crippen LogP contribution in [0.1, 0.15) is 10.4 Å². The summed E-state index contributed by atoms with van der Waals surface area (Å²) in [6.07, 6.45) is 2.69. The Kier molecular flexibility index (Phi) is 3.62. The summed E-state index contributed by atoms with van der Waals surface area (Å²) in [6, 6.07) is 6.82. The van der Waals surface area contributed by atoms with E-state index in [9.17, 15) is 8.42 Å². The SMILES string of the molecule is Cc1sc2ncnc(Nc3ccccc3S(C)(=O)=O)c2c1C. The second-order valence-corrected chi connectivity index (χ2v) is 8.27. The Morgan fingerprint density at radius 2 is 1.86 bits per heavy atom. The van der Waals surface area contributed by atoms with Crippen molar-refractivity contribution in [3.63, 3.8) is 0 Å². The lowest BCUT2D eigenvalue weighted by molar-refractivity contribution is 0.602. The van der Waals surface area contributed by atoms with E-state index >= 15 is 0 Å². The van der Waals surface area contributed by atoms with E-state index in [0.29, 0.717) is 11.5 Å². The van der Waals surface area contributed by atoms with Gasteiger partial charge in [0, 0.05) is 11.1 Å². The van der Waals surface area contributed by atoms with Crippen LogP contribution in [0, 0.1) is 13.8 Å². The summed E-state index contributed by atoms with van der Waals surface area (Å²) in [4.78, 5) is 10.9. The molecule has 5 nitrogen and oxygen atoms in total. The summed E-state index contributed by atoms with van der Waals surface area (Å²) in [6.45, 7) is 4.06. The average molecular weight is 333 g/mol. The number of aromatic nitrogens is 2. The van der Waals surface area contributed by atoms with Gasteiger partial charge in [-0.05, 0) is 31.5 Å². The van der Waals surface area contributed by atoms with Crippen molar-refractivity contribution in [2.75, 3.05) is 11.6 Å². The number of sulfone groups is 1. The largest absolute Gasteiger partial charge is 0.339 e. The Balaban J connectivity index is 2.16. The maximum absolute atomic E-state index is 11.9. The summed E-state index contributed by atoms with van der Waals surface area (Å²) < 4.78 is 23.8. The third-order valence-electron chi connectivity index (χ3n) is 3.50. The first kappa shape index (κ1) is 14.9. The van der Waals surface area contributed by atoms with Crippen molar-refractivity contribution in [3.8, 4) is 0 Å². The lowest BCUT2D eigenvalue weighted by atomic mass is 10.2. The van der Waals surface area contributed by atoms with Gasteiger partial charge in [0.25, 0.3) is 0 Å². The monoisotopic (exact) mass is 333 g/mol. The van der Waals surface area contributed by atoms with E-state index in [1.165, 1.54) is 17.5 Å². The van der Waals surface area contributed by atoms with Crippen LogP contribution >= 0.6 is 11.3 Å². The lowest BCUT2D eigenvalue weighted by Crippen LogP contribution is -2.03. The van der Waals surface area contributed by atoms with Gasteiger partial charge in [0.1, 0.15) is 17.0 Å². The number of nitrogens with zero attached hydrogens (tertiary/aromatic N) is 2. The van der Waals surface area contributed by atoms with Gasteiger partial charge in [0.15, 0.2) is 9.84 Å². The molecule has 0 bridgehead atoms. The van der Waals surface area contributed by atoms with Gasteiger partial charge >= 0.3 is 0 Å². The maximum Gasteiger partial charge on any atom is 0.177 e. The van der Waals surface area contributed by atoms with E-state index in [1.54, 1.807) is 35.6 Å². The van der Waals surface area contributed by atoms with Gasteiger partial charge < -0.3 is 5.32 Å². The van der Waals surface area contributed by atoms with Crippen LogP contribution in [0.15, 0.2) is 35.5 Å². The number of para-hydroxylation sites is 1. The van der Waals surface area contributed by atoms with Crippen molar-refractivity contribution in [1.82, 2.24) is 9.97 Å². The topological polar surface area (TPSA) is 72.0 Å². The Bertz CT molecular complexity index is 962. The van der Waals surface area contributed by atoms with Crippen LogP contribution in [0.25, 0.3) is 10.2 Å². The Morgan fingerprint density at radius 1 is 1.14 bits per heavy atom. The third-order valence-corrected chi connectivity index (χ3v) is 5.78. The van der Waals surface area contributed by atoms with E-state index < -0.39 is 9.84 Å². The minimum absolute atomic E-state index is 0.256. The molecule has 2 heterocycles. The molecular weight excluding hydrogens is 318 g/mol. The first-order chi connectivity index (χ1) is 10.4. The summed E-state index contributed by atoms with van der Waals surface area (Å²) >= 11 is 1.60. The fourth-order valence-corrected chi connectivity index (χ4v) is 4.14. The number of nitrogens with one attached hydrogen (secondary N) is 1. The normalized spacial score (nSPS) is 11.8. The molecule has 3 aromatic rings. The van der Waals surface area contributed by atoms with Crippen molar-refractivity contribution in [2.24, 2.45) is 0 Å². The van der Waals surface area contributed by atoms with Crippen LogP contribution in [0.5, 0.6) is 0 Å². The average Bonchev–Trinajstić information content (AvgIpc) is 2.75. The highest BCUT2D eigenvalue weighted by molar-refractivity contribution is 7.90. The van der Waals surface area contributed by atoms with Crippen LogP contribution in [-0.2, 0) is 9.84 Å². The number of hydrogen-bond acceptors (Lipinski definition) is 6. The predicted octanol–water partition coefficient (Wildman–Crippen LogP) is 3.46. The molecule has 1 N–H and O–H groups in total. The number of fused-ring (bicyclic) bond motifs is 1. The summed E-state index contributed by atoms with van der Waals surface area (Å²) in [5.41, 5.74) is 1.63. The number of aryl methyl sites for hydroxylation is 2. The summed E-state index contributed by atoms with van der Waals surface area (Å²) in [5, 5.41) is 4.09. The van der Waals surface area contributed by atoms with Crippen LogP contribution in [0.4, 0.5) is 11.5 Å². The highest BCUT2D eigenvalue weighted by Gasteiger charge is 2.16. The van der Waals surface area contributed by atoms with Crippen molar-refractivity contribution >= 4 is 42.9 Å².